The van der Waals surface area contributed by atoms with Crippen LogP contribution in [0, 0.1) is 5.92 Å². The van der Waals surface area contributed by atoms with Gasteiger partial charge in [0.2, 0.25) is 0 Å². The molecule has 2 rings (SSSR count). The molecule has 0 amide bonds. The van der Waals surface area contributed by atoms with Gasteiger partial charge in [0, 0.05) is 16.3 Å². The first kappa shape index (κ1) is 11.1. The Balaban J connectivity index is 1.60. The van der Waals surface area contributed by atoms with Crippen molar-refractivity contribution in [2.45, 2.75) is 26.3 Å². The summed E-state index contributed by atoms with van der Waals surface area (Å²) in [6.07, 6.45) is 2.48. The number of hydrogen-bond donors (Lipinski definition) is 2. The Morgan fingerprint density at radius 3 is 2.80 bits per heavy atom. The molecular formula is C12H20N2S. The molecule has 3 heteroatoms. The number of rotatable bonds is 6. The van der Waals surface area contributed by atoms with Crippen LogP contribution in [0.3, 0.4) is 0 Å². The second kappa shape index (κ2) is 5.64. The van der Waals surface area contributed by atoms with Crippen molar-refractivity contribution in [2.24, 2.45) is 5.92 Å². The van der Waals surface area contributed by atoms with Crippen LogP contribution in [0.5, 0.6) is 0 Å². The van der Waals surface area contributed by atoms with Gasteiger partial charge in [0.05, 0.1) is 0 Å². The quantitative estimate of drug-likeness (QED) is 0.722. The summed E-state index contributed by atoms with van der Waals surface area (Å²) in [4.78, 5) is 2.97. The fourth-order valence-electron chi connectivity index (χ4n) is 1.78. The second-order valence-corrected chi connectivity index (χ2v) is 5.46. The van der Waals surface area contributed by atoms with Gasteiger partial charge in [-0.1, -0.05) is 6.92 Å². The standard InChI is InChI=1S/C12H20N2S/c1-2-11-3-4-12(15-11)9-13-6-5-10-7-14-8-10/h3-4,10,13-14H,2,5-9H2,1H3. The summed E-state index contributed by atoms with van der Waals surface area (Å²) in [6.45, 7) is 6.87. The summed E-state index contributed by atoms with van der Waals surface area (Å²) in [5.74, 6) is 0.923. The van der Waals surface area contributed by atoms with Crippen molar-refractivity contribution >= 4 is 11.3 Å². The van der Waals surface area contributed by atoms with Gasteiger partial charge in [-0.3, -0.25) is 0 Å². The summed E-state index contributed by atoms with van der Waals surface area (Å²) in [7, 11) is 0. The van der Waals surface area contributed by atoms with Crippen molar-refractivity contribution in [2.75, 3.05) is 19.6 Å². The third kappa shape index (κ3) is 3.30. The van der Waals surface area contributed by atoms with Gasteiger partial charge in [-0.2, -0.15) is 0 Å². The Bertz CT molecular complexity index is 292. The molecule has 0 unspecified atom stereocenters. The number of thiophene rings is 1. The summed E-state index contributed by atoms with van der Waals surface area (Å²) < 4.78 is 0. The van der Waals surface area contributed by atoms with Gasteiger partial charge in [0.15, 0.2) is 0 Å². The Hall–Kier alpha value is -0.380. The monoisotopic (exact) mass is 224 g/mol. The third-order valence-electron chi connectivity index (χ3n) is 2.96. The minimum Gasteiger partial charge on any atom is -0.316 e. The van der Waals surface area contributed by atoms with E-state index in [2.05, 4.69) is 29.7 Å². The second-order valence-electron chi connectivity index (χ2n) is 4.21. The summed E-state index contributed by atoms with van der Waals surface area (Å²) in [6, 6.07) is 4.50. The molecule has 0 atom stereocenters. The smallest absolute Gasteiger partial charge is 0.0299 e. The average molecular weight is 224 g/mol. The van der Waals surface area contributed by atoms with E-state index >= 15 is 0 Å². The largest absolute Gasteiger partial charge is 0.316 e. The maximum Gasteiger partial charge on any atom is 0.0299 e. The van der Waals surface area contributed by atoms with E-state index in [0.717, 1.165) is 19.0 Å². The first-order valence-corrected chi connectivity index (χ1v) is 6.69. The molecule has 2 N–H and O–H groups in total. The van der Waals surface area contributed by atoms with Gasteiger partial charge in [0.1, 0.15) is 0 Å². The van der Waals surface area contributed by atoms with E-state index in [1.807, 2.05) is 11.3 Å². The lowest BCUT2D eigenvalue weighted by molar-refractivity contribution is 0.322. The molecule has 1 aliphatic rings. The van der Waals surface area contributed by atoms with Gasteiger partial charge in [-0.15, -0.1) is 11.3 Å². The van der Waals surface area contributed by atoms with E-state index in [1.165, 1.54) is 35.7 Å². The lowest BCUT2D eigenvalue weighted by Crippen LogP contribution is -2.43. The van der Waals surface area contributed by atoms with Gasteiger partial charge in [0.25, 0.3) is 0 Å². The first-order chi connectivity index (χ1) is 7.38. The van der Waals surface area contributed by atoms with Crippen molar-refractivity contribution in [1.29, 1.82) is 0 Å². The van der Waals surface area contributed by atoms with Crippen LogP contribution in [0.1, 0.15) is 23.1 Å². The Morgan fingerprint density at radius 1 is 1.40 bits per heavy atom. The molecule has 0 aliphatic carbocycles. The number of hydrogen-bond acceptors (Lipinski definition) is 3. The number of aryl methyl sites for hydroxylation is 1. The predicted octanol–water partition coefficient (Wildman–Crippen LogP) is 2.01. The highest BCUT2D eigenvalue weighted by Gasteiger charge is 2.15. The van der Waals surface area contributed by atoms with Crippen LogP contribution in [0.25, 0.3) is 0 Å². The molecule has 0 bridgehead atoms. The zero-order valence-corrected chi connectivity index (χ0v) is 10.2. The predicted molar refractivity (Wildman–Crippen MR) is 66.4 cm³/mol. The highest BCUT2D eigenvalue weighted by atomic mass is 32.1. The van der Waals surface area contributed by atoms with E-state index in [9.17, 15) is 0 Å². The van der Waals surface area contributed by atoms with Crippen LogP contribution in [0.15, 0.2) is 12.1 Å². The summed E-state index contributed by atoms with van der Waals surface area (Å²) in [5, 5.41) is 6.83. The van der Waals surface area contributed by atoms with Gasteiger partial charge >= 0.3 is 0 Å². The van der Waals surface area contributed by atoms with Crippen LogP contribution in [0.4, 0.5) is 0 Å². The fraction of sp³-hybridized carbons (Fsp3) is 0.667. The lowest BCUT2D eigenvalue weighted by atomic mass is 10.00. The van der Waals surface area contributed by atoms with E-state index in [4.69, 9.17) is 0 Å². The molecule has 2 nitrogen and oxygen atoms in total. The minimum atomic E-state index is 0.923. The van der Waals surface area contributed by atoms with Crippen molar-refractivity contribution in [3.63, 3.8) is 0 Å². The van der Waals surface area contributed by atoms with E-state index in [0.29, 0.717) is 0 Å². The van der Waals surface area contributed by atoms with E-state index < -0.39 is 0 Å². The third-order valence-corrected chi connectivity index (χ3v) is 4.19. The Labute approximate surface area is 96.1 Å². The van der Waals surface area contributed by atoms with Crippen LogP contribution < -0.4 is 10.6 Å². The zero-order chi connectivity index (χ0) is 10.5. The van der Waals surface area contributed by atoms with Gasteiger partial charge in [-0.05, 0) is 50.5 Å². The van der Waals surface area contributed by atoms with Gasteiger partial charge in [-0.25, -0.2) is 0 Å². The maximum absolute atomic E-state index is 3.52. The average Bonchev–Trinajstić information content (AvgIpc) is 2.62. The highest BCUT2D eigenvalue weighted by molar-refractivity contribution is 7.11. The first-order valence-electron chi connectivity index (χ1n) is 5.87. The van der Waals surface area contributed by atoms with Crippen LogP contribution in [0.2, 0.25) is 0 Å². The molecule has 1 aromatic rings. The van der Waals surface area contributed by atoms with Crippen LogP contribution >= 0.6 is 11.3 Å². The van der Waals surface area contributed by atoms with Crippen LogP contribution in [-0.2, 0) is 13.0 Å². The topological polar surface area (TPSA) is 24.1 Å². The molecule has 2 heterocycles. The van der Waals surface area contributed by atoms with E-state index in [1.54, 1.807) is 0 Å². The highest BCUT2D eigenvalue weighted by Crippen LogP contribution is 2.16. The molecule has 0 saturated carbocycles. The maximum atomic E-state index is 3.52. The fourth-order valence-corrected chi connectivity index (χ4v) is 2.71. The van der Waals surface area contributed by atoms with Gasteiger partial charge < -0.3 is 10.6 Å². The molecule has 1 aliphatic heterocycles. The molecule has 0 aromatic carbocycles. The zero-order valence-electron chi connectivity index (χ0n) is 9.38. The van der Waals surface area contributed by atoms with E-state index in [-0.39, 0.29) is 0 Å². The Kier molecular flexibility index (Phi) is 4.18. The van der Waals surface area contributed by atoms with Crippen LogP contribution in [-0.4, -0.2) is 19.6 Å². The summed E-state index contributed by atoms with van der Waals surface area (Å²) in [5.41, 5.74) is 0. The van der Waals surface area contributed by atoms with Crippen molar-refractivity contribution < 1.29 is 0 Å². The normalized spacial score (nSPS) is 16.6. The number of nitrogens with one attached hydrogen (secondary N) is 2. The molecular weight excluding hydrogens is 204 g/mol. The van der Waals surface area contributed by atoms with Crippen molar-refractivity contribution in [3.8, 4) is 0 Å². The molecule has 15 heavy (non-hydrogen) atoms. The molecule has 1 fully saturated rings. The molecule has 1 saturated heterocycles. The molecule has 84 valence electrons. The molecule has 1 aromatic heterocycles. The SMILES string of the molecule is CCc1ccc(CNCCC2CNC2)s1. The summed E-state index contributed by atoms with van der Waals surface area (Å²) >= 11 is 1.94. The Morgan fingerprint density at radius 2 is 2.20 bits per heavy atom. The lowest BCUT2D eigenvalue weighted by Gasteiger charge is -2.26. The molecule has 0 radical (unpaired) electrons. The van der Waals surface area contributed by atoms with Crippen molar-refractivity contribution in [3.05, 3.63) is 21.9 Å². The van der Waals surface area contributed by atoms with Crippen molar-refractivity contribution in [1.82, 2.24) is 10.6 Å². The molecule has 0 spiro atoms. The minimum absolute atomic E-state index is 0.923.